The van der Waals surface area contributed by atoms with E-state index in [2.05, 4.69) is 38.5 Å². The number of rotatable bonds is 2. The molecule has 0 saturated heterocycles. The first kappa shape index (κ1) is 10.2. The molecule has 1 unspecified atom stereocenters. The lowest BCUT2D eigenvalue weighted by Gasteiger charge is -2.01. The van der Waals surface area contributed by atoms with E-state index in [9.17, 15) is 4.79 Å². The second-order valence-corrected chi connectivity index (χ2v) is 5.11. The summed E-state index contributed by atoms with van der Waals surface area (Å²) in [6.07, 6.45) is 0. The molecular weight excluding hydrogens is 331 g/mol. The molecule has 1 atom stereocenters. The van der Waals surface area contributed by atoms with Crippen LogP contribution in [0.5, 0.6) is 0 Å². The van der Waals surface area contributed by atoms with Crippen LogP contribution in [0.4, 0.5) is 0 Å². The van der Waals surface area contributed by atoms with Crippen LogP contribution in [0, 0.1) is 3.57 Å². The van der Waals surface area contributed by atoms with Crippen molar-refractivity contribution in [3.63, 3.8) is 0 Å². The highest BCUT2D eigenvalue weighted by atomic mass is 127. The summed E-state index contributed by atoms with van der Waals surface area (Å²) in [5.74, 6) is 0.131. The van der Waals surface area contributed by atoms with E-state index in [1.165, 1.54) is 0 Å². The Balaban J connectivity index is 2.90. The molecule has 0 aliphatic carbocycles. The Hall–Kier alpha value is 0.1000. The summed E-state index contributed by atoms with van der Waals surface area (Å²) < 4.78 is 1.14. The Morgan fingerprint density at radius 3 is 2.33 bits per heavy atom. The number of Topliss-reactive ketones (excluding diaryl/α,β-unsaturated/α-hetero) is 1. The number of carbonyl (C=O) groups is 1. The Kier molecular flexibility index (Phi) is 3.71. The molecular formula is C9H8BrIO. The number of hydrogen-bond donors (Lipinski definition) is 0. The number of benzene rings is 1. The van der Waals surface area contributed by atoms with E-state index in [-0.39, 0.29) is 10.6 Å². The fourth-order valence-electron chi connectivity index (χ4n) is 0.844. The van der Waals surface area contributed by atoms with E-state index in [1.54, 1.807) is 0 Å². The number of ketones is 1. The van der Waals surface area contributed by atoms with E-state index in [4.69, 9.17) is 0 Å². The van der Waals surface area contributed by atoms with Crippen molar-refractivity contribution in [1.29, 1.82) is 0 Å². The van der Waals surface area contributed by atoms with Crippen molar-refractivity contribution in [2.45, 2.75) is 11.8 Å². The van der Waals surface area contributed by atoms with Crippen LogP contribution in [0.25, 0.3) is 0 Å². The van der Waals surface area contributed by atoms with E-state index < -0.39 is 0 Å². The minimum atomic E-state index is -0.0995. The van der Waals surface area contributed by atoms with Gasteiger partial charge in [0.05, 0.1) is 4.83 Å². The average Bonchev–Trinajstić information content (AvgIpc) is 2.04. The zero-order valence-electron chi connectivity index (χ0n) is 6.55. The predicted octanol–water partition coefficient (Wildman–Crippen LogP) is 3.26. The highest BCUT2D eigenvalue weighted by molar-refractivity contribution is 14.1. The van der Waals surface area contributed by atoms with Crippen LogP contribution >= 0.6 is 38.5 Å². The normalized spacial score (nSPS) is 12.6. The van der Waals surface area contributed by atoms with E-state index in [0.717, 1.165) is 9.13 Å². The van der Waals surface area contributed by atoms with Crippen molar-refractivity contribution in [2.24, 2.45) is 0 Å². The van der Waals surface area contributed by atoms with Gasteiger partial charge in [-0.15, -0.1) is 0 Å². The lowest BCUT2D eigenvalue weighted by Crippen LogP contribution is -2.09. The molecule has 0 amide bonds. The molecule has 0 aromatic heterocycles. The summed E-state index contributed by atoms with van der Waals surface area (Å²) in [6.45, 7) is 1.83. The van der Waals surface area contributed by atoms with Gasteiger partial charge in [0.2, 0.25) is 0 Å². The molecule has 0 aliphatic rings. The van der Waals surface area contributed by atoms with Crippen LogP contribution in [0.1, 0.15) is 17.3 Å². The van der Waals surface area contributed by atoms with Gasteiger partial charge in [-0.3, -0.25) is 4.79 Å². The number of hydrogen-bond acceptors (Lipinski definition) is 1. The second kappa shape index (κ2) is 4.37. The maximum absolute atomic E-state index is 11.4. The largest absolute Gasteiger partial charge is 0.293 e. The molecule has 0 saturated carbocycles. The summed E-state index contributed by atoms with van der Waals surface area (Å²) in [7, 11) is 0. The summed E-state index contributed by atoms with van der Waals surface area (Å²) in [6, 6.07) is 7.57. The van der Waals surface area contributed by atoms with Crippen molar-refractivity contribution in [1.82, 2.24) is 0 Å². The zero-order valence-corrected chi connectivity index (χ0v) is 10.3. The third-order valence-corrected chi connectivity index (χ3v) is 2.63. The maximum atomic E-state index is 11.4. The van der Waals surface area contributed by atoms with Gasteiger partial charge in [-0.1, -0.05) is 28.1 Å². The Morgan fingerprint density at radius 2 is 1.92 bits per heavy atom. The van der Waals surface area contributed by atoms with Crippen LogP contribution in [0.15, 0.2) is 24.3 Å². The van der Waals surface area contributed by atoms with Crippen molar-refractivity contribution in [2.75, 3.05) is 0 Å². The van der Waals surface area contributed by atoms with Gasteiger partial charge in [0.15, 0.2) is 5.78 Å². The third kappa shape index (κ3) is 2.55. The summed E-state index contributed by atoms with van der Waals surface area (Å²) in [4.78, 5) is 11.3. The van der Waals surface area contributed by atoms with Gasteiger partial charge in [0.1, 0.15) is 0 Å². The van der Waals surface area contributed by atoms with Crippen molar-refractivity contribution in [3.05, 3.63) is 33.4 Å². The SMILES string of the molecule is CC(Br)C(=O)c1ccc(I)cc1. The monoisotopic (exact) mass is 338 g/mol. The van der Waals surface area contributed by atoms with Gasteiger partial charge in [-0.25, -0.2) is 0 Å². The first-order valence-corrected chi connectivity index (χ1v) is 5.54. The first-order valence-electron chi connectivity index (χ1n) is 3.55. The van der Waals surface area contributed by atoms with Crippen LogP contribution in [0.3, 0.4) is 0 Å². The highest BCUT2D eigenvalue weighted by Gasteiger charge is 2.10. The fraction of sp³-hybridized carbons (Fsp3) is 0.222. The molecule has 0 heterocycles. The second-order valence-electron chi connectivity index (χ2n) is 2.49. The summed E-state index contributed by atoms with van der Waals surface area (Å²) >= 11 is 5.46. The summed E-state index contributed by atoms with van der Waals surface area (Å²) in [5, 5.41) is 0. The Morgan fingerprint density at radius 1 is 1.42 bits per heavy atom. The molecule has 12 heavy (non-hydrogen) atoms. The minimum absolute atomic E-state index is 0.0995. The van der Waals surface area contributed by atoms with Gasteiger partial charge in [0.25, 0.3) is 0 Å². The molecule has 0 aliphatic heterocycles. The topological polar surface area (TPSA) is 17.1 Å². The molecule has 0 fully saturated rings. The molecule has 64 valence electrons. The van der Waals surface area contributed by atoms with Crippen LogP contribution in [-0.4, -0.2) is 10.6 Å². The molecule has 1 aromatic carbocycles. The maximum Gasteiger partial charge on any atom is 0.176 e. The van der Waals surface area contributed by atoms with Gasteiger partial charge < -0.3 is 0 Å². The van der Waals surface area contributed by atoms with Crippen LogP contribution in [-0.2, 0) is 0 Å². The fourth-order valence-corrected chi connectivity index (χ4v) is 1.47. The van der Waals surface area contributed by atoms with Gasteiger partial charge in [0, 0.05) is 9.13 Å². The number of carbonyl (C=O) groups excluding carboxylic acids is 1. The van der Waals surface area contributed by atoms with Crippen molar-refractivity contribution >= 4 is 44.3 Å². The quantitative estimate of drug-likeness (QED) is 0.459. The van der Waals surface area contributed by atoms with E-state index in [1.807, 2.05) is 31.2 Å². The van der Waals surface area contributed by atoms with Gasteiger partial charge >= 0.3 is 0 Å². The smallest absolute Gasteiger partial charge is 0.176 e. The van der Waals surface area contributed by atoms with Crippen molar-refractivity contribution < 1.29 is 4.79 Å². The summed E-state index contributed by atoms with van der Waals surface area (Å²) in [5.41, 5.74) is 0.764. The average molecular weight is 339 g/mol. The molecule has 0 bridgehead atoms. The first-order chi connectivity index (χ1) is 5.61. The highest BCUT2D eigenvalue weighted by Crippen LogP contribution is 2.11. The standard InChI is InChI=1S/C9H8BrIO/c1-6(10)9(12)7-2-4-8(11)5-3-7/h2-6H,1H3. The third-order valence-electron chi connectivity index (χ3n) is 1.49. The van der Waals surface area contributed by atoms with Gasteiger partial charge in [-0.2, -0.15) is 0 Å². The minimum Gasteiger partial charge on any atom is -0.293 e. The molecule has 1 aromatic rings. The molecule has 3 heteroatoms. The van der Waals surface area contributed by atoms with Crippen LogP contribution in [0.2, 0.25) is 0 Å². The molecule has 0 radical (unpaired) electrons. The van der Waals surface area contributed by atoms with E-state index in [0.29, 0.717) is 0 Å². The molecule has 1 rings (SSSR count). The number of alkyl halides is 1. The van der Waals surface area contributed by atoms with E-state index >= 15 is 0 Å². The molecule has 0 spiro atoms. The number of halogens is 2. The molecule has 0 N–H and O–H groups in total. The molecule has 1 nitrogen and oxygen atoms in total. The van der Waals surface area contributed by atoms with Gasteiger partial charge in [-0.05, 0) is 41.6 Å². The Bertz CT molecular complexity index is 279. The van der Waals surface area contributed by atoms with Crippen molar-refractivity contribution in [3.8, 4) is 0 Å². The lowest BCUT2D eigenvalue weighted by molar-refractivity contribution is 0.0996. The Labute approximate surface area is 93.8 Å². The predicted molar refractivity (Wildman–Crippen MR) is 61.9 cm³/mol. The lowest BCUT2D eigenvalue weighted by atomic mass is 10.1. The van der Waals surface area contributed by atoms with Crippen LogP contribution < -0.4 is 0 Å². The zero-order chi connectivity index (χ0) is 9.14.